The highest BCUT2D eigenvalue weighted by molar-refractivity contribution is 5.95. The maximum Gasteiger partial charge on any atom is 0.255 e. The number of carbonyl (C=O) groups excluding carboxylic acids is 1. The summed E-state index contributed by atoms with van der Waals surface area (Å²) in [4.78, 5) is 27.3. The number of fused-ring (bicyclic) bond motifs is 2. The van der Waals surface area contributed by atoms with Crippen LogP contribution in [-0.2, 0) is 13.0 Å². The van der Waals surface area contributed by atoms with E-state index >= 15 is 0 Å². The predicted molar refractivity (Wildman–Crippen MR) is 106 cm³/mol. The molecule has 1 aliphatic heterocycles. The number of nitrogens with zero attached hydrogens (tertiary/aromatic N) is 4. The number of carbonyl (C=O) groups is 1. The van der Waals surface area contributed by atoms with Crippen LogP contribution in [0, 0.1) is 5.82 Å². The van der Waals surface area contributed by atoms with E-state index in [-0.39, 0.29) is 17.3 Å². The second-order valence-electron chi connectivity index (χ2n) is 7.10. The number of benzene rings is 1. The summed E-state index contributed by atoms with van der Waals surface area (Å²) < 4.78 is 16.4. The molecule has 144 valence electrons. The van der Waals surface area contributed by atoms with Gasteiger partial charge >= 0.3 is 0 Å². The fourth-order valence-electron chi connectivity index (χ4n) is 3.74. The number of hydrogen-bond donors (Lipinski definition) is 0. The van der Waals surface area contributed by atoms with Crippen LogP contribution in [0.5, 0.6) is 0 Å². The molecule has 0 saturated heterocycles. The lowest BCUT2D eigenvalue weighted by molar-refractivity contribution is 0.0734. The number of amides is 1. The molecule has 3 aromatic heterocycles. The third-order valence-electron chi connectivity index (χ3n) is 5.28. The molecule has 0 atom stereocenters. The van der Waals surface area contributed by atoms with Gasteiger partial charge in [0.15, 0.2) is 0 Å². The lowest BCUT2D eigenvalue weighted by Crippen LogP contribution is -2.37. The van der Waals surface area contributed by atoms with Crippen molar-refractivity contribution in [2.75, 3.05) is 6.54 Å². The average molecular weight is 388 g/mol. The van der Waals surface area contributed by atoms with Crippen molar-refractivity contribution in [3.05, 3.63) is 100.0 Å². The molecule has 1 aliphatic rings. The molecule has 0 fully saturated rings. The molecule has 5 rings (SSSR count). The standard InChI is InChI=1S/C22H17FN4O2/c23-18-1-3-19(4-2-18)26-14-17-13-25(9-6-15(17)12-21(26)28)22(29)16-7-10-27-20(11-16)5-8-24-27/h1-5,7-8,10-12,14H,6,9,13H2. The van der Waals surface area contributed by atoms with Gasteiger partial charge in [-0.05, 0) is 60.0 Å². The van der Waals surface area contributed by atoms with E-state index in [1.807, 2.05) is 12.1 Å². The summed E-state index contributed by atoms with van der Waals surface area (Å²) in [6.07, 6.45) is 5.84. The molecule has 4 heterocycles. The number of aromatic nitrogens is 3. The minimum Gasteiger partial charge on any atom is -0.334 e. The summed E-state index contributed by atoms with van der Waals surface area (Å²) in [5, 5.41) is 4.15. The highest BCUT2D eigenvalue weighted by Gasteiger charge is 2.23. The van der Waals surface area contributed by atoms with Crippen LogP contribution in [0.3, 0.4) is 0 Å². The first-order valence-corrected chi connectivity index (χ1v) is 9.31. The van der Waals surface area contributed by atoms with Crippen LogP contribution >= 0.6 is 0 Å². The molecule has 0 radical (unpaired) electrons. The van der Waals surface area contributed by atoms with Crippen molar-refractivity contribution >= 4 is 11.4 Å². The fourth-order valence-corrected chi connectivity index (χ4v) is 3.74. The normalized spacial score (nSPS) is 13.5. The Morgan fingerprint density at radius 2 is 1.86 bits per heavy atom. The van der Waals surface area contributed by atoms with Crippen molar-refractivity contribution in [1.29, 1.82) is 0 Å². The summed E-state index contributed by atoms with van der Waals surface area (Å²) in [7, 11) is 0. The van der Waals surface area contributed by atoms with Gasteiger partial charge in [-0.2, -0.15) is 5.10 Å². The first-order chi connectivity index (χ1) is 14.1. The van der Waals surface area contributed by atoms with Crippen LogP contribution in [0.1, 0.15) is 21.5 Å². The zero-order valence-corrected chi connectivity index (χ0v) is 15.5. The second-order valence-corrected chi connectivity index (χ2v) is 7.10. The number of halogens is 1. The van der Waals surface area contributed by atoms with Crippen molar-refractivity contribution in [3.63, 3.8) is 0 Å². The van der Waals surface area contributed by atoms with E-state index in [2.05, 4.69) is 5.10 Å². The van der Waals surface area contributed by atoms with E-state index in [9.17, 15) is 14.0 Å². The molecule has 6 nitrogen and oxygen atoms in total. The molecule has 0 unspecified atom stereocenters. The van der Waals surface area contributed by atoms with Gasteiger partial charge in [-0.15, -0.1) is 0 Å². The van der Waals surface area contributed by atoms with Crippen LogP contribution in [0.15, 0.2) is 71.9 Å². The third-order valence-corrected chi connectivity index (χ3v) is 5.28. The van der Waals surface area contributed by atoms with Crippen LogP contribution in [-0.4, -0.2) is 31.5 Å². The van der Waals surface area contributed by atoms with Crippen molar-refractivity contribution in [1.82, 2.24) is 19.1 Å². The monoisotopic (exact) mass is 388 g/mol. The summed E-state index contributed by atoms with van der Waals surface area (Å²) in [5.41, 5.74) is 3.75. The molecule has 4 aromatic rings. The number of rotatable bonds is 2. The largest absolute Gasteiger partial charge is 0.334 e. The van der Waals surface area contributed by atoms with E-state index in [0.29, 0.717) is 30.8 Å². The molecular weight excluding hydrogens is 371 g/mol. The Morgan fingerprint density at radius 3 is 2.69 bits per heavy atom. The molecule has 1 amide bonds. The van der Waals surface area contributed by atoms with Crippen molar-refractivity contribution < 1.29 is 9.18 Å². The average Bonchev–Trinajstić information content (AvgIpc) is 3.21. The number of hydrogen-bond acceptors (Lipinski definition) is 3. The Kier molecular flexibility index (Phi) is 4.01. The highest BCUT2D eigenvalue weighted by Crippen LogP contribution is 2.21. The molecule has 0 spiro atoms. The smallest absolute Gasteiger partial charge is 0.255 e. The molecule has 7 heteroatoms. The van der Waals surface area contributed by atoms with Crippen LogP contribution in [0.4, 0.5) is 4.39 Å². The summed E-state index contributed by atoms with van der Waals surface area (Å²) in [6.45, 7) is 0.969. The Balaban J connectivity index is 1.46. The Hall–Kier alpha value is -3.74. The Morgan fingerprint density at radius 1 is 1.03 bits per heavy atom. The van der Waals surface area contributed by atoms with E-state index in [1.165, 1.54) is 16.7 Å². The predicted octanol–water partition coefficient (Wildman–Crippen LogP) is 2.82. The zero-order chi connectivity index (χ0) is 20.0. The second kappa shape index (κ2) is 6.70. The first-order valence-electron chi connectivity index (χ1n) is 9.31. The van der Waals surface area contributed by atoms with Crippen LogP contribution in [0.2, 0.25) is 0 Å². The number of pyridine rings is 2. The van der Waals surface area contributed by atoms with Gasteiger partial charge in [0.05, 0.1) is 5.52 Å². The Bertz CT molecular complexity index is 1290. The first kappa shape index (κ1) is 17.4. The van der Waals surface area contributed by atoms with Gasteiger partial charge in [-0.3, -0.25) is 14.2 Å². The summed E-state index contributed by atoms with van der Waals surface area (Å²) >= 11 is 0. The van der Waals surface area contributed by atoms with Crippen molar-refractivity contribution in [2.45, 2.75) is 13.0 Å². The van der Waals surface area contributed by atoms with Crippen molar-refractivity contribution in [3.8, 4) is 5.69 Å². The maximum absolute atomic E-state index is 13.2. The minimum atomic E-state index is -0.355. The van der Waals surface area contributed by atoms with Gasteiger partial charge in [-0.1, -0.05) is 0 Å². The van der Waals surface area contributed by atoms with E-state index in [4.69, 9.17) is 0 Å². The van der Waals surface area contributed by atoms with Gasteiger partial charge in [0.1, 0.15) is 5.82 Å². The maximum atomic E-state index is 13.2. The molecule has 0 bridgehead atoms. The van der Waals surface area contributed by atoms with Crippen molar-refractivity contribution in [2.24, 2.45) is 0 Å². The minimum absolute atomic E-state index is 0.0566. The topological polar surface area (TPSA) is 59.6 Å². The van der Waals surface area contributed by atoms with Gasteiger partial charge in [-0.25, -0.2) is 8.91 Å². The lowest BCUT2D eigenvalue weighted by Gasteiger charge is -2.29. The van der Waals surface area contributed by atoms with Gasteiger partial charge < -0.3 is 4.90 Å². The van der Waals surface area contributed by atoms with E-state index < -0.39 is 0 Å². The van der Waals surface area contributed by atoms with Gasteiger partial charge in [0, 0.05) is 49.0 Å². The Labute approximate surface area is 165 Å². The summed E-state index contributed by atoms with van der Waals surface area (Å²) in [6, 6.07) is 12.8. The molecule has 1 aromatic carbocycles. The summed E-state index contributed by atoms with van der Waals surface area (Å²) in [5.74, 6) is -0.412. The SMILES string of the molecule is O=C(c1ccn2nccc2c1)N1CCc2cc(=O)n(-c3ccc(F)cc3)cc2C1. The van der Waals surface area contributed by atoms with Crippen LogP contribution < -0.4 is 5.56 Å². The lowest BCUT2D eigenvalue weighted by atomic mass is 10.0. The van der Waals surface area contributed by atoms with E-state index in [0.717, 1.165) is 16.6 Å². The molecule has 0 saturated carbocycles. The zero-order valence-electron chi connectivity index (χ0n) is 15.5. The fraction of sp³-hybridized carbons (Fsp3) is 0.136. The quantitative estimate of drug-likeness (QED) is 0.531. The van der Waals surface area contributed by atoms with Crippen LogP contribution in [0.25, 0.3) is 11.2 Å². The van der Waals surface area contributed by atoms with E-state index in [1.54, 1.807) is 52.3 Å². The molecule has 0 aliphatic carbocycles. The highest BCUT2D eigenvalue weighted by atomic mass is 19.1. The van der Waals surface area contributed by atoms with Gasteiger partial charge in [0.2, 0.25) is 0 Å². The molecule has 0 N–H and O–H groups in total. The molecular formula is C22H17FN4O2. The third kappa shape index (κ3) is 3.10. The molecule has 29 heavy (non-hydrogen) atoms. The van der Waals surface area contributed by atoms with Gasteiger partial charge in [0.25, 0.3) is 11.5 Å².